The van der Waals surface area contributed by atoms with E-state index < -0.39 is 0 Å². The monoisotopic (exact) mass is 108 g/mol. The van der Waals surface area contributed by atoms with Gasteiger partial charge in [-0.3, -0.25) is 4.79 Å². The number of aliphatic imine (C=N–C) groups is 1. The van der Waals surface area contributed by atoms with Crippen LogP contribution in [0.1, 0.15) is 6.92 Å². The molecule has 1 aliphatic heterocycles. The van der Waals surface area contributed by atoms with Crippen LogP contribution in [0.4, 0.5) is 0 Å². The number of carbonyl (C=O) groups excluding carboxylic acids is 1. The van der Waals surface area contributed by atoms with Crippen molar-refractivity contribution in [1.29, 1.82) is 0 Å². The van der Waals surface area contributed by atoms with Crippen molar-refractivity contribution >= 4 is 12.2 Å². The van der Waals surface area contributed by atoms with E-state index in [1.54, 1.807) is 6.92 Å². The molecule has 0 aliphatic carbocycles. The quantitative estimate of drug-likeness (QED) is 0.428. The van der Waals surface area contributed by atoms with Crippen LogP contribution < -0.4 is 5.32 Å². The van der Waals surface area contributed by atoms with E-state index in [1.807, 2.05) is 0 Å². The Balaban J connectivity index is 2.77. The van der Waals surface area contributed by atoms with Gasteiger partial charge < -0.3 is 0 Å². The van der Waals surface area contributed by atoms with Crippen LogP contribution >= 0.6 is 0 Å². The summed E-state index contributed by atoms with van der Waals surface area (Å²) in [5.41, 5.74) is 0.657. The van der Waals surface area contributed by atoms with Gasteiger partial charge in [0.25, 0.3) is 5.91 Å². The van der Waals surface area contributed by atoms with Crippen LogP contribution in [-0.4, -0.2) is 12.2 Å². The molecule has 0 spiro atoms. The average Bonchev–Trinajstić information content (AvgIpc) is 1.64. The Morgan fingerprint density at radius 2 is 2.50 bits per heavy atom. The van der Waals surface area contributed by atoms with Crippen molar-refractivity contribution in [3.63, 3.8) is 0 Å². The first-order valence-electron chi connectivity index (χ1n) is 2.18. The van der Waals surface area contributed by atoms with E-state index in [-0.39, 0.29) is 5.91 Å². The Hall–Kier alpha value is -1.12. The van der Waals surface area contributed by atoms with Crippen molar-refractivity contribution in [2.75, 3.05) is 0 Å². The summed E-state index contributed by atoms with van der Waals surface area (Å²) in [7, 11) is 0. The first-order valence-corrected chi connectivity index (χ1v) is 2.18. The first kappa shape index (κ1) is 5.03. The van der Waals surface area contributed by atoms with Crippen molar-refractivity contribution < 1.29 is 4.79 Å². The molecule has 0 unspecified atom stereocenters. The molecule has 0 saturated carbocycles. The van der Waals surface area contributed by atoms with Gasteiger partial charge in [0.05, 0.1) is 0 Å². The molecule has 0 N–H and O–H groups in total. The highest BCUT2D eigenvalue weighted by Gasteiger charge is 2.00. The molecule has 0 fully saturated rings. The molecule has 0 bridgehead atoms. The van der Waals surface area contributed by atoms with Gasteiger partial charge in [0, 0.05) is 11.8 Å². The second kappa shape index (κ2) is 1.78. The largest absolute Gasteiger partial charge is 0.273 e. The SMILES string of the molecule is CC1=CC(=O)[N][C]=N1. The fourth-order valence-corrected chi connectivity index (χ4v) is 0.396. The highest BCUT2D eigenvalue weighted by Crippen LogP contribution is 1.95. The summed E-state index contributed by atoms with van der Waals surface area (Å²) in [6, 6.07) is 0. The second-order valence-corrected chi connectivity index (χ2v) is 1.45. The Labute approximate surface area is 47.1 Å². The van der Waals surface area contributed by atoms with Gasteiger partial charge >= 0.3 is 0 Å². The van der Waals surface area contributed by atoms with Gasteiger partial charge in [0.1, 0.15) is 0 Å². The van der Waals surface area contributed by atoms with Crippen molar-refractivity contribution in [1.82, 2.24) is 5.32 Å². The molecule has 40 valence electrons. The van der Waals surface area contributed by atoms with E-state index in [2.05, 4.69) is 16.6 Å². The van der Waals surface area contributed by atoms with Crippen molar-refractivity contribution in [2.24, 2.45) is 4.99 Å². The molecule has 0 aromatic rings. The van der Waals surface area contributed by atoms with Crippen molar-refractivity contribution in [2.45, 2.75) is 6.92 Å². The van der Waals surface area contributed by atoms with Gasteiger partial charge in [-0.1, -0.05) is 0 Å². The normalized spacial score (nSPS) is 17.6. The topological polar surface area (TPSA) is 43.5 Å². The molecule has 0 aromatic carbocycles. The van der Waals surface area contributed by atoms with E-state index in [9.17, 15) is 4.79 Å². The molecule has 1 rings (SSSR count). The maximum atomic E-state index is 10.3. The lowest BCUT2D eigenvalue weighted by Gasteiger charge is -1.94. The van der Waals surface area contributed by atoms with E-state index in [4.69, 9.17) is 0 Å². The Bertz CT molecular complexity index is 169. The van der Waals surface area contributed by atoms with E-state index in [0.717, 1.165) is 0 Å². The lowest BCUT2D eigenvalue weighted by molar-refractivity contribution is -0.115. The Morgan fingerprint density at radius 1 is 1.75 bits per heavy atom. The zero-order valence-electron chi connectivity index (χ0n) is 4.38. The van der Waals surface area contributed by atoms with Crippen LogP contribution in [0.3, 0.4) is 0 Å². The summed E-state index contributed by atoms with van der Waals surface area (Å²) in [6.07, 6.45) is 3.57. The Kier molecular flexibility index (Phi) is 1.12. The molecule has 1 amide bonds. The fraction of sp³-hybridized carbons (Fsp3) is 0.200. The molecular weight excluding hydrogens is 104 g/mol. The van der Waals surface area contributed by atoms with Crippen LogP contribution in [-0.2, 0) is 4.79 Å². The minimum atomic E-state index is -0.280. The molecule has 0 aromatic heterocycles. The maximum Gasteiger partial charge on any atom is 0.273 e. The van der Waals surface area contributed by atoms with Crippen molar-refractivity contribution in [3.05, 3.63) is 11.8 Å². The first-order chi connectivity index (χ1) is 3.79. The smallest absolute Gasteiger partial charge is 0.267 e. The summed E-state index contributed by atoms with van der Waals surface area (Å²) in [5, 5.41) is 3.25. The predicted molar refractivity (Wildman–Crippen MR) is 28.3 cm³/mol. The van der Waals surface area contributed by atoms with E-state index in [1.165, 1.54) is 6.08 Å². The molecule has 3 heteroatoms. The average molecular weight is 108 g/mol. The van der Waals surface area contributed by atoms with Gasteiger partial charge in [-0.2, -0.15) is 5.32 Å². The fourth-order valence-electron chi connectivity index (χ4n) is 0.396. The summed E-state index contributed by atoms with van der Waals surface area (Å²) < 4.78 is 0. The summed E-state index contributed by atoms with van der Waals surface area (Å²) in [4.78, 5) is 13.9. The number of amides is 1. The third-order valence-electron chi connectivity index (χ3n) is 0.719. The molecule has 3 nitrogen and oxygen atoms in total. The zero-order valence-corrected chi connectivity index (χ0v) is 4.38. The lowest BCUT2D eigenvalue weighted by Crippen LogP contribution is -2.13. The van der Waals surface area contributed by atoms with Crippen LogP contribution in [0.15, 0.2) is 16.8 Å². The van der Waals surface area contributed by atoms with Crippen molar-refractivity contribution in [3.8, 4) is 0 Å². The standard InChI is InChI=1S/C5H4N2O/c1-4-2-5(8)7-3-6-4/h2H,1H3. The summed E-state index contributed by atoms with van der Waals surface area (Å²) in [5.74, 6) is -0.280. The predicted octanol–water partition coefficient (Wildman–Crippen LogP) is -0.0599. The van der Waals surface area contributed by atoms with Crippen LogP contribution in [0.5, 0.6) is 0 Å². The molecular formula is C5H4N2O. The summed E-state index contributed by atoms with van der Waals surface area (Å²) in [6.45, 7) is 1.72. The van der Waals surface area contributed by atoms with Crippen LogP contribution in [0.2, 0.25) is 0 Å². The number of hydrogen-bond donors (Lipinski definition) is 0. The molecule has 0 atom stereocenters. The number of hydrogen-bond acceptors (Lipinski definition) is 2. The highest BCUT2D eigenvalue weighted by atomic mass is 16.1. The number of carbonyl (C=O) groups is 1. The maximum absolute atomic E-state index is 10.3. The molecule has 2 radical (unpaired) electrons. The molecule has 1 aliphatic rings. The van der Waals surface area contributed by atoms with Crippen LogP contribution in [0, 0.1) is 0 Å². The molecule has 8 heavy (non-hydrogen) atoms. The van der Waals surface area contributed by atoms with Crippen LogP contribution in [0.25, 0.3) is 0 Å². The second-order valence-electron chi connectivity index (χ2n) is 1.45. The van der Waals surface area contributed by atoms with Gasteiger partial charge in [-0.15, -0.1) is 0 Å². The third kappa shape index (κ3) is 0.932. The van der Waals surface area contributed by atoms with Gasteiger partial charge in [0.2, 0.25) is 6.34 Å². The minimum absolute atomic E-state index is 0.280. The summed E-state index contributed by atoms with van der Waals surface area (Å²) >= 11 is 0. The molecule has 0 saturated heterocycles. The lowest BCUT2D eigenvalue weighted by atomic mass is 10.4. The number of allylic oxidation sites excluding steroid dienone is 1. The van der Waals surface area contributed by atoms with Gasteiger partial charge in [0.15, 0.2) is 0 Å². The third-order valence-corrected chi connectivity index (χ3v) is 0.719. The number of rotatable bonds is 0. The number of nitrogens with zero attached hydrogens (tertiary/aromatic N) is 2. The van der Waals surface area contributed by atoms with Gasteiger partial charge in [-0.25, -0.2) is 4.99 Å². The zero-order chi connectivity index (χ0) is 5.98. The van der Waals surface area contributed by atoms with E-state index >= 15 is 0 Å². The molecule has 1 heterocycles. The van der Waals surface area contributed by atoms with E-state index in [0.29, 0.717) is 5.70 Å². The minimum Gasteiger partial charge on any atom is -0.267 e. The Morgan fingerprint density at radius 3 is 2.88 bits per heavy atom. The highest BCUT2D eigenvalue weighted by molar-refractivity contribution is 5.97. The van der Waals surface area contributed by atoms with Gasteiger partial charge in [-0.05, 0) is 6.92 Å².